The Morgan fingerprint density at radius 2 is 2.00 bits per heavy atom. The zero-order valence-corrected chi connectivity index (χ0v) is 8.97. The fourth-order valence-electron chi connectivity index (χ4n) is 3.01. The van der Waals surface area contributed by atoms with Gasteiger partial charge in [-0.3, -0.25) is 14.4 Å². The summed E-state index contributed by atoms with van der Waals surface area (Å²) in [5.74, 6) is -2.87. The molecule has 84 valence electrons. The number of esters is 2. The number of piperidine rings is 1. The van der Waals surface area contributed by atoms with Gasteiger partial charge in [-0.1, -0.05) is 12.2 Å². The Hall–Kier alpha value is -1.65. The molecule has 0 aromatic rings. The number of carbonyl (C=O) groups is 3. The number of fused-ring (bicyclic) bond motifs is 1. The van der Waals surface area contributed by atoms with Crippen LogP contribution in [0.3, 0.4) is 0 Å². The Morgan fingerprint density at radius 1 is 1.31 bits per heavy atom. The third-order valence-electron chi connectivity index (χ3n) is 4.08. The van der Waals surface area contributed by atoms with Gasteiger partial charge in [-0.25, -0.2) is 0 Å². The summed E-state index contributed by atoms with van der Waals surface area (Å²) in [6.07, 6.45) is 3.56. The van der Waals surface area contributed by atoms with E-state index in [0.717, 1.165) is 0 Å². The van der Waals surface area contributed by atoms with E-state index < -0.39 is 35.2 Å². The van der Waals surface area contributed by atoms with E-state index in [1.54, 1.807) is 24.9 Å². The Morgan fingerprint density at radius 3 is 2.69 bits per heavy atom. The standard InChI is InChI=1S/C11H11NO4/c1-11-4-3-5(8(13)12(11)2)6-7(11)10(15)16-9(6)14/h3-7H,1-2H3/t5-,6+,7-,11-/m0/s1. The van der Waals surface area contributed by atoms with Crippen molar-refractivity contribution in [3.8, 4) is 0 Å². The Bertz CT molecular complexity index is 455. The van der Waals surface area contributed by atoms with Gasteiger partial charge in [-0.05, 0) is 6.92 Å². The van der Waals surface area contributed by atoms with Crippen LogP contribution >= 0.6 is 0 Å². The van der Waals surface area contributed by atoms with Crippen molar-refractivity contribution >= 4 is 17.8 Å². The Kier molecular flexibility index (Phi) is 1.51. The predicted molar refractivity (Wildman–Crippen MR) is 51.9 cm³/mol. The van der Waals surface area contributed by atoms with Gasteiger partial charge in [-0.2, -0.15) is 0 Å². The number of likely N-dealkylation sites (N-methyl/N-ethyl adjacent to an activating group) is 1. The van der Waals surface area contributed by atoms with Crippen LogP contribution in [0.1, 0.15) is 6.92 Å². The molecule has 0 radical (unpaired) electrons. The first-order valence-electron chi connectivity index (χ1n) is 5.19. The maximum atomic E-state index is 11.9. The monoisotopic (exact) mass is 221 g/mol. The lowest BCUT2D eigenvalue weighted by molar-refractivity contribution is -0.155. The molecule has 3 aliphatic heterocycles. The molecule has 5 heteroatoms. The predicted octanol–water partition coefficient (Wildman–Crippen LogP) is -0.281. The first-order chi connectivity index (χ1) is 7.47. The van der Waals surface area contributed by atoms with Gasteiger partial charge in [0.15, 0.2) is 0 Å². The molecule has 2 saturated heterocycles. The number of hydrogen-bond acceptors (Lipinski definition) is 4. The van der Waals surface area contributed by atoms with Crippen LogP contribution in [-0.4, -0.2) is 35.3 Å². The van der Waals surface area contributed by atoms with Gasteiger partial charge in [0.1, 0.15) is 0 Å². The van der Waals surface area contributed by atoms with Gasteiger partial charge in [0.2, 0.25) is 5.91 Å². The van der Waals surface area contributed by atoms with Crippen LogP contribution in [0.25, 0.3) is 0 Å². The van der Waals surface area contributed by atoms with Gasteiger partial charge in [0, 0.05) is 7.05 Å². The summed E-state index contributed by atoms with van der Waals surface area (Å²) in [6, 6.07) is 0. The summed E-state index contributed by atoms with van der Waals surface area (Å²) >= 11 is 0. The van der Waals surface area contributed by atoms with Crippen LogP contribution in [0.15, 0.2) is 12.2 Å². The Balaban J connectivity index is 2.20. The lowest BCUT2D eigenvalue weighted by atomic mass is 9.63. The van der Waals surface area contributed by atoms with Crippen molar-refractivity contribution in [3.63, 3.8) is 0 Å². The molecular formula is C11H11NO4. The number of rotatable bonds is 0. The van der Waals surface area contributed by atoms with Gasteiger partial charge in [0.05, 0.1) is 23.3 Å². The summed E-state index contributed by atoms with van der Waals surface area (Å²) in [5, 5.41) is 0. The molecule has 4 aliphatic rings. The van der Waals surface area contributed by atoms with Crippen molar-refractivity contribution in [2.45, 2.75) is 12.5 Å². The van der Waals surface area contributed by atoms with Crippen molar-refractivity contribution in [2.75, 3.05) is 7.05 Å². The molecule has 5 nitrogen and oxygen atoms in total. The van der Waals surface area contributed by atoms with E-state index in [9.17, 15) is 14.4 Å². The van der Waals surface area contributed by atoms with Gasteiger partial charge < -0.3 is 9.64 Å². The zero-order valence-electron chi connectivity index (χ0n) is 8.97. The quantitative estimate of drug-likeness (QED) is 0.320. The van der Waals surface area contributed by atoms with E-state index in [-0.39, 0.29) is 5.91 Å². The number of hydrogen-bond donors (Lipinski definition) is 0. The minimum atomic E-state index is -0.722. The minimum absolute atomic E-state index is 0.113. The summed E-state index contributed by atoms with van der Waals surface area (Å²) in [7, 11) is 1.66. The molecule has 1 aliphatic carbocycles. The fraction of sp³-hybridized carbons (Fsp3) is 0.545. The van der Waals surface area contributed by atoms with E-state index in [2.05, 4.69) is 4.74 Å². The average molecular weight is 221 g/mol. The third kappa shape index (κ3) is 0.809. The maximum Gasteiger partial charge on any atom is 0.320 e. The number of cyclic esters (lactones) is 2. The molecule has 0 saturated carbocycles. The van der Waals surface area contributed by atoms with E-state index in [1.807, 2.05) is 6.08 Å². The highest BCUT2D eigenvalue weighted by atomic mass is 16.6. The van der Waals surface area contributed by atoms with Gasteiger partial charge in [0.25, 0.3) is 0 Å². The van der Waals surface area contributed by atoms with Gasteiger partial charge in [-0.15, -0.1) is 0 Å². The molecule has 0 aromatic carbocycles. The smallest absolute Gasteiger partial charge is 0.320 e. The minimum Gasteiger partial charge on any atom is -0.393 e. The largest absolute Gasteiger partial charge is 0.393 e. The number of carbonyl (C=O) groups excluding carboxylic acids is 3. The molecule has 1 amide bonds. The van der Waals surface area contributed by atoms with Crippen LogP contribution in [-0.2, 0) is 19.1 Å². The molecule has 3 heterocycles. The highest BCUT2D eigenvalue weighted by Crippen LogP contribution is 2.49. The lowest BCUT2D eigenvalue weighted by Crippen LogP contribution is -2.64. The second kappa shape index (κ2) is 2.53. The first-order valence-corrected chi connectivity index (χ1v) is 5.19. The van der Waals surface area contributed by atoms with Crippen LogP contribution in [0.5, 0.6) is 0 Å². The normalized spacial score (nSPS) is 45.0. The summed E-state index contributed by atoms with van der Waals surface area (Å²) in [4.78, 5) is 36.7. The van der Waals surface area contributed by atoms with E-state index in [0.29, 0.717) is 0 Å². The number of amides is 1. The summed E-state index contributed by atoms with van der Waals surface area (Å²) in [5.41, 5.74) is -0.722. The third-order valence-corrected chi connectivity index (χ3v) is 4.08. The van der Waals surface area contributed by atoms with Crippen molar-refractivity contribution in [1.29, 1.82) is 0 Å². The average Bonchev–Trinajstić information content (AvgIpc) is 2.53. The molecule has 0 aromatic heterocycles. The molecule has 0 spiro atoms. The second-order valence-corrected chi connectivity index (χ2v) is 4.75. The van der Waals surface area contributed by atoms with E-state index in [4.69, 9.17) is 0 Å². The molecule has 4 rings (SSSR count). The van der Waals surface area contributed by atoms with Crippen molar-refractivity contribution < 1.29 is 19.1 Å². The number of ether oxygens (including phenoxy) is 1. The second-order valence-electron chi connectivity index (χ2n) is 4.75. The summed E-state index contributed by atoms with van der Waals surface area (Å²) < 4.78 is 4.65. The van der Waals surface area contributed by atoms with E-state index in [1.165, 1.54) is 0 Å². The Labute approximate surface area is 92.0 Å². The number of nitrogens with zero attached hydrogens (tertiary/aromatic N) is 1. The van der Waals surface area contributed by atoms with E-state index >= 15 is 0 Å². The first kappa shape index (κ1) is 9.57. The molecule has 16 heavy (non-hydrogen) atoms. The highest BCUT2D eigenvalue weighted by molar-refractivity contribution is 6.03. The van der Waals surface area contributed by atoms with Crippen LogP contribution in [0.4, 0.5) is 0 Å². The molecule has 0 unspecified atom stereocenters. The van der Waals surface area contributed by atoms with Crippen LogP contribution < -0.4 is 0 Å². The molecule has 2 fully saturated rings. The summed E-state index contributed by atoms with van der Waals surface area (Å²) in [6.45, 7) is 1.79. The van der Waals surface area contributed by atoms with Crippen LogP contribution in [0.2, 0.25) is 0 Å². The molecular weight excluding hydrogens is 210 g/mol. The molecule has 2 bridgehead atoms. The van der Waals surface area contributed by atoms with Crippen molar-refractivity contribution in [2.24, 2.45) is 17.8 Å². The van der Waals surface area contributed by atoms with Crippen molar-refractivity contribution in [1.82, 2.24) is 4.90 Å². The lowest BCUT2D eigenvalue weighted by Gasteiger charge is -2.51. The molecule has 4 atom stereocenters. The zero-order chi connectivity index (χ0) is 11.7. The van der Waals surface area contributed by atoms with Crippen LogP contribution in [0, 0.1) is 17.8 Å². The van der Waals surface area contributed by atoms with Gasteiger partial charge >= 0.3 is 11.9 Å². The fourth-order valence-corrected chi connectivity index (χ4v) is 3.01. The maximum absolute atomic E-state index is 11.9. The topological polar surface area (TPSA) is 63.7 Å². The SMILES string of the molecule is CN1C(=O)[C@H]2C=C[C@@]1(C)[C@@H]1C(=O)OC(=O)[C@H]21. The van der Waals surface area contributed by atoms with Crippen molar-refractivity contribution in [3.05, 3.63) is 12.2 Å². The molecule has 0 N–H and O–H groups in total. The highest BCUT2D eigenvalue weighted by Gasteiger charge is 2.65.